The number of rotatable bonds is 4. The van der Waals surface area contributed by atoms with E-state index in [2.05, 4.69) is 15.3 Å². The lowest BCUT2D eigenvalue weighted by atomic mass is 9.87. The maximum atomic E-state index is 13.6. The minimum atomic E-state index is -0.943. The van der Waals surface area contributed by atoms with Crippen molar-refractivity contribution >= 4 is 23.4 Å². The standard InChI is InChI=1S/C21H24ClN5O2/c1-14(2)26-12-19(28)27(11-15-3-5-16(22)6-4-15)21(20(26)29)9-17(25-13-21)18-10-23-7-8-24-18/h3-8,10,14,17,25H,9,11-13H2,1-2H3/t17?,21-/m0/s1. The van der Waals surface area contributed by atoms with Crippen LogP contribution < -0.4 is 5.32 Å². The Kier molecular flexibility index (Phi) is 5.27. The first kappa shape index (κ1) is 19.8. The summed E-state index contributed by atoms with van der Waals surface area (Å²) in [5, 5.41) is 4.04. The second-order valence-corrected chi connectivity index (χ2v) is 8.37. The third kappa shape index (κ3) is 3.60. The quantitative estimate of drug-likeness (QED) is 0.831. The Bertz CT molecular complexity index is 905. The first-order chi connectivity index (χ1) is 13.9. The molecule has 7 nitrogen and oxygen atoms in total. The van der Waals surface area contributed by atoms with Crippen molar-refractivity contribution in [1.29, 1.82) is 0 Å². The number of aromatic nitrogens is 2. The van der Waals surface area contributed by atoms with Crippen LogP contribution in [-0.2, 0) is 16.1 Å². The Balaban J connectivity index is 1.69. The molecule has 1 N–H and O–H groups in total. The first-order valence-electron chi connectivity index (χ1n) is 9.76. The molecule has 1 aromatic carbocycles. The number of hydrogen-bond donors (Lipinski definition) is 1. The van der Waals surface area contributed by atoms with Crippen molar-refractivity contribution in [2.45, 2.75) is 44.4 Å². The molecule has 0 bridgehead atoms. The molecule has 2 fully saturated rings. The molecule has 29 heavy (non-hydrogen) atoms. The zero-order valence-electron chi connectivity index (χ0n) is 16.5. The van der Waals surface area contributed by atoms with Crippen LogP contribution in [0.1, 0.15) is 37.6 Å². The number of nitrogens with one attached hydrogen (secondary N) is 1. The summed E-state index contributed by atoms with van der Waals surface area (Å²) in [7, 11) is 0. The highest BCUT2D eigenvalue weighted by Gasteiger charge is 2.56. The Morgan fingerprint density at radius 3 is 2.66 bits per heavy atom. The molecule has 4 rings (SSSR count). The van der Waals surface area contributed by atoms with Gasteiger partial charge in [-0.15, -0.1) is 0 Å². The molecule has 0 saturated carbocycles. The maximum absolute atomic E-state index is 13.6. The molecule has 2 atom stereocenters. The third-order valence-corrected chi connectivity index (χ3v) is 6.03. The maximum Gasteiger partial charge on any atom is 0.250 e. The van der Waals surface area contributed by atoms with Crippen molar-refractivity contribution in [1.82, 2.24) is 25.1 Å². The predicted octanol–water partition coefficient (Wildman–Crippen LogP) is 2.18. The van der Waals surface area contributed by atoms with Gasteiger partial charge in [0.15, 0.2) is 0 Å². The predicted molar refractivity (Wildman–Crippen MR) is 109 cm³/mol. The van der Waals surface area contributed by atoms with E-state index in [0.29, 0.717) is 24.5 Å². The van der Waals surface area contributed by atoms with E-state index in [0.717, 1.165) is 11.3 Å². The Morgan fingerprint density at radius 2 is 2.00 bits per heavy atom. The SMILES string of the molecule is CC(C)N1CC(=O)N(Cc2ccc(Cl)cc2)[C@@]2(CNC(c3cnccn3)C2)C1=O. The molecule has 1 spiro atoms. The molecule has 8 heteroatoms. The zero-order valence-corrected chi connectivity index (χ0v) is 17.3. The lowest BCUT2D eigenvalue weighted by Gasteiger charge is -2.48. The van der Waals surface area contributed by atoms with Crippen molar-refractivity contribution in [2.24, 2.45) is 0 Å². The second kappa shape index (κ2) is 7.72. The summed E-state index contributed by atoms with van der Waals surface area (Å²) in [6.07, 6.45) is 5.43. The molecule has 2 amide bonds. The Morgan fingerprint density at radius 1 is 1.24 bits per heavy atom. The van der Waals surface area contributed by atoms with Gasteiger partial charge in [0, 0.05) is 49.2 Å². The van der Waals surface area contributed by atoms with Gasteiger partial charge in [0.25, 0.3) is 5.91 Å². The van der Waals surface area contributed by atoms with Crippen LogP contribution in [0.25, 0.3) is 0 Å². The molecule has 2 aliphatic heterocycles. The van der Waals surface area contributed by atoms with Gasteiger partial charge in [-0.2, -0.15) is 0 Å². The molecular weight excluding hydrogens is 390 g/mol. The molecular formula is C21H24ClN5O2. The number of carbonyl (C=O) groups is 2. The van der Waals surface area contributed by atoms with Crippen molar-refractivity contribution in [3.8, 4) is 0 Å². The molecule has 2 aromatic rings. The van der Waals surface area contributed by atoms with Crippen LogP contribution >= 0.6 is 11.6 Å². The third-order valence-electron chi connectivity index (χ3n) is 5.78. The summed E-state index contributed by atoms with van der Waals surface area (Å²) >= 11 is 6.00. The van der Waals surface area contributed by atoms with Crippen LogP contribution in [0.3, 0.4) is 0 Å². The molecule has 2 saturated heterocycles. The van der Waals surface area contributed by atoms with Gasteiger partial charge in [0.1, 0.15) is 12.1 Å². The topological polar surface area (TPSA) is 78.4 Å². The van der Waals surface area contributed by atoms with E-state index in [1.54, 1.807) is 40.5 Å². The summed E-state index contributed by atoms with van der Waals surface area (Å²) in [5.74, 6) is -0.0604. The first-order valence-corrected chi connectivity index (χ1v) is 10.1. The number of amides is 2. The van der Waals surface area contributed by atoms with Crippen LogP contribution in [0.4, 0.5) is 0 Å². The van der Waals surface area contributed by atoms with E-state index < -0.39 is 5.54 Å². The van der Waals surface area contributed by atoms with Gasteiger partial charge in [-0.05, 0) is 31.5 Å². The van der Waals surface area contributed by atoms with Crippen LogP contribution in [0.2, 0.25) is 5.02 Å². The van der Waals surface area contributed by atoms with Crippen molar-refractivity contribution in [2.75, 3.05) is 13.1 Å². The molecule has 152 valence electrons. The Hall–Kier alpha value is -2.51. The highest BCUT2D eigenvalue weighted by Crippen LogP contribution is 2.39. The van der Waals surface area contributed by atoms with Crippen LogP contribution in [0, 0.1) is 0 Å². The second-order valence-electron chi connectivity index (χ2n) is 7.93. The average Bonchev–Trinajstić information content (AvgIpc) is 3.16. The largest absolute Gasteiger partial charge is 0.329 e. The molecule has 1 aromatic heterocycles. The fourth-order valence-corrected chi connectivity index (χ4v) is 4.32. The van der Waals surface area contributed by atoms with Gasteiger partial charge in [-0.3, -0.25) is 19.6 Å². The summed E-state index contributed by atoms with van der Waals surface area (Å²) in [5.41, 5.74) is 0.773. The minimum Gasteiger partial charge on any atom is -0.329 e. The number of hydrogen-bond acceptors (Lipinski definition) is 5. The van der Waals surface area contributed by atoms with E-state index in [1.165, 1.54) is 0 Å². The molecule has 3 heterocycles. The Labute approximate surface area is 175 Å². The van der Waals surface area contributed by atoms with Crippen molar-refractivity contribution < 1.29 is 9.59 Å². The van der Waals surface area contributed by atoms with E-state index >= 15 is 0 Å². The van der Waals surface area contributed by atoms with E-state index in [9.17, 15) is 9.59 Å². The number of piperazine rings is 1. The van der Waals surface area contributed by atoms with Crippen LogP contribution in [0.15, 0.2) is 42.9 Å². The molecule has 1 unspecified atom stereocenters. The number of benzene rings is 1. The zero-order chi connectivity index (χ0) is 20.6. The summed E-state index contributed by atoms with van der Waals surface area (Å²) in [6.45, 7) is 4.73. The van der Waals surface area contributed by atoms with Gasteiger partial charge in [0.2, 0.25) is 5.91 Å². The van der Waals surface area contributed by atoms with E-state index in [-0.39, 0.29) is 30.4 Å². The smallest absolute Gasteiger partial charge is 0.250 e. The van der Waals surface area contributed by atoms with Crippen molar-refractivity contribution in [3.05, 3.63) is 59.1 Å². The fraction of sp³-hybridized carbons (Fsp3) is 0.429. The molecule has 0 radical (unpaired) electrons. The molecule has 0 aliphatic carbocycles. The van der Waals surface area contributed by atoms with Gasteiger partial charge in [0.05, 0.1) is 11.7 Å². The van der Waals surface area contributed by atoms with E-state index in [1.807, 2.05) is 26.0 Å². The average molecular weight is 414 g/mol. The highest BCUT2D eigenvalue weighted by atomic mass is 35.5. The lowest BCUT2D eigenvalue weighted by molar-refractivity contribution is -0.166. The number of halogens is 1. The normalized spacial score (nSPS) is 24.8. The molecule has 2 aliphatic rings. The van der Waals surface area contributed by atoms with Gasteiger partial charge in [-0.1, -0.05) is 23.7 Å². The fourth-order valence-electron chi connectivity index (χ4n) is 4.20. The summed E-state index contributed by atoms with van der Waals surface area (Å²) in [6, 6.07) is 7.21. The summed E-state index contributed by atoms with van der Waals surface area (Å²) < 4.78 is 0. The van der Waals surface area contributed by atoms with Crippen LogP contribution in [0.5, 0.6) is 0 Å². The van der Waals surface area contributed by atoms with Gasteiger partial charge < -0.3 is 15.1 Å². The number of nitrogens with zero attached hydrogens (tertiary/aromatic N) is 4. The van der Waals surface area contributed by atoms with Gasteiger partial charge in [-0.25, -0.2) is 0 Å². The number of carbonyl (C=O) groups excluding carboxylic acids is 2. The van der Waals surface area contributed by atoms with Crippen LogP contribution in [-0.4, -0.2) is 56.3 Å². The van der Waals surface area contributed by atoms with Crippen molar-refractivity contribution in [3.63, 3.8) is 0 Å². The minimum absolute atomic E-state index is 0.0139. The van der Waals surface area contributed by atoms with Gasteiger partial charge >= 0.3 is 0 Å². The monoisotopic (exact) mass is 413 g/mol. The highest BCUT2D eigenvalue weighted by molar-refractivity contribution is 6.30. The lowest BCUT2D eigenvalue weighted by Crippen LogP contribution is -2.69. The summed E-state index contributed by atoms with van der Waals surface area (Å²) in [4.78, 5) is 38.7. The van der Waals surface area contributed by atoms with E-state index in [4.69, 9.17) is 11.6 Å².